The van der Waals surface area contributed by atoms with E-state index < -0.39 is 17.8 Å². The lowest BCUT2D eigenvalue weighted by Crippen LogP contribution is -2.45. The molecule has 1 aliphatic heterocycles. The number of allylic oxidation sites excluding steroid dienone is 1. The standard InChI is InChI=1S/C13H12N2O3S/c1-7-9(11(16)12(17)18)10(15-13(19)14-7)8-5-3-2-4-6-8/h2-6,10H,1H3,(H,17,18)(H2,14,15,19). The second-order valence-electron chi connectivity index (χ2n) is 4.12. The Hall–Kier alpha value is -2.21. The minimum atomic E-state index is -1.48. The Morgan fingerprint density at radius 3 is 2.47 bits per heavy atom. The van der Waals surface area contributed by atoms with E-state index in [2.05, 4.69) is 10.6 Å². The van der Waals surface area contributed by atoms with Crippen molar-refractivity contribution in [2.24, 2.45) is 0 Å². The Bertz CT molecular complexity index is 581. The molecule has 6 heteroatoms. The molecule has 0 aliphatic carbocycles. The highest BCUT2D eigenvalue weighted by atomic mass is 32.1. The van der Waals surface area contributed by atoms with E-state index in [-0.39, 0.29) is 5.57 Å². The molecule has 0 spiro atoms. The Balaban J connectivity index is 2.50. The maximum absolute atomic E-state index is 11.8. The molecule has 0 saturated heterocycles. The van der Waals surface area contributed by atoms with Crippen LogP contribution < -0.4 is 10.6 Å². The number of hydrogen-bond donors (Lipinski definition) is 3. The molecule has 0 radical (unpaired) electrons. The second kappa shape index (κ2) is 5.19. The van der Waals surface area contributed by atoms with Gasteiger partial charge in [0.15, 0.2) is 5.11 Å². The van der Waals surface area contributed by atoms with Gasteiger partial charge >= 0.3 is 5.97 Å². The fourth-order valence-electron chi connectivity index (χ4n) is 2.01. The highest BCUT2D eigenvalue weighted by molar-refractivity contribution is 7.80. The highest BCUT2D eigenvalue weighted by Crippen LogP contribution is 2.27. The third-order valence-electron chi connectivity index (χ3n) is 2.84. The lowest BCUT2D eigenvalue weighted by Gasteiger charge is -2.29. The minimum Gasteiger partial charge on any atom is -0.475 e. The van der Waals surface area contributed by atoms with E-state index in [0.717, 1.165) is 5.56 Å². The number of carboxylic acids is 1. The van der Waals surface area contributed by atoms with Crippen LogP contribution in [-0.2, 0) is 9.59 Å². The summed E-state index contributed by atoms with van der Waals surface area (Å²) in [6.07, 6.45) is 0. The van der Waals surface area contributed by atoms with E-state index >= 15 is 0 Å². The molecule has 0 amide bonds. The molecule has 0 aromatic heterocycles. The van der Waals surface area contributed by atoms with Crippen LogP contribution in [0, 0.1) is 0 Å². The number of aliphatic carboxylic acids is 1. The van der Waals surface area contributed by atoms with Crippen LogP contribution in [0.5, 0.6) is 0 Å². The number of benzene rings is 1. The zero-order valence-electron chi connectivity index (χ0n) is 10.1. The number of ketones is 1. The van der Waals surface area contributed by atoms with Crippen molar-refractivity contribution in [2.45, 2.75) is 13.0 Å². The molecule has 1 heterocycles. The van der Waals surface area contributed by atoms with Gasteiger partial charge in [-0.2, -0.15) is 0 Å². The van der Waals surface area contributed by atoms with Gasteiger partial charge in [0, 0.05) is 5.70 Å². The maximum Gasteiger partial charge on any atom is 0.377 e. The number of nitrogens with one attached hydrogen (secondary N) is 2. The molecule has 1 unspecified atom stereocenters. The highest BCUT2D eigenvalue weighted by Gasteiger charge is 2.32. The van der Waals surface area contributed by atoms with Gasteiger partial charge in [-0.05, 0) is 24.7 Å². The van der Waals surface area contributed by atoms with Crippen LogP contribution in [0.25, 0.3) is 0 Å². The predicted octanol–water partition coefficient (Wildman–Crippen LogP) is 1.13. The Morgan fingerprint density at radius 2 is 1.89 bits per heavy atom. The van der Waals surface area contributed by atoms with Crippen molar-refractivity contribution in [3.63, 3.8) is 0 Å². The van der Waals surface area contributed by atoms with Crippen LogP contribution >= 0.6 is 12.2 Å². The van der Waals surface area contributed by atoms with E-state index in [1.54, 1.807) is 6.92 Å². The molecule has 0 saturated carbocycles. The molecule has 98 valence electrons. The Labute approximate surface area is 115 Å². The van der Waals surface area contributed by atoms with Crippen molar-refractivity contribution in [3.8, 4) is 0 Å². The number of carbonyl (C=O) groups excluding carboxylic acids is 1. The molecule has 0 bridgehead atoms. The van der Waals surface area contributed by atoms with E-state index in [0.29, 0.717) is 10.8 Å². The number of carbonyl (C=O) groups is 2. The monoisotopic (exact) mass is 276 g/mol. The average Bonchev–Trinajstić information content (AvgIpc) is 2.38. The van der Waals surface area contributed by atoms with Gasteiger partial charge in [0.25, 0.3) is 5.78 Å². The number of thiocarbonyl (C=S) groups is 1. The SMILES string of the molecule is CC1=C(C(=O)C(=O)O)C(c2ccccc2)NC(=S)N1. The van der Waals surface area contributed by atoms with Crippen LogP contribution in [0.4, 0.5) is 0 Å². The van der Waals surface area contributed by atoms with Gasteiger partial charge in [0.2, 0.25) is 0 Å². The van der Waals surface area contributed by atoms with Gasteiger partial charge in [-0.25, -0.2) is 4.79 Å². The smallest absolute Gasteiger partial charge is 0.377 e. The van der Waals surface area contributed by atoms with Gasteiger partial charge in [-0.3, -0.25) is 4.79 Å². The summed E-state index contributed by atoms with van der Waals surface area (Å²) < 4.78 is 0. The van der Waals surface area contributed by atoms with Crippen molar-refractivity contribution in [3.05, 3.63) is 47.2 Å². The number of Topliss-reactive ketones (excluding diaryl/α,β-unsaturated/α-hetero) is 1. The molecule has 19 heavy (non-hydrogen) atoms. The molecule has 0 fully saturated rings. The summed E-state index contributed by atoms with van der Waals surface area (Å²) in [5.74, 6) is -2.42. The van der Waals surface area contributed by atoms with Crippen LogP contribution in [0.1, 0.15) is 18.5 Å². The first kappa shape index (κ1) is 13.2. The van der Waals surface area contributed by atoms with Crippen LogP contribution in [0.3, 0.4) is 0 Å². The topological polar surface area (TPSA) is 78.4 Å². The molecular formula is C13H12N2O3S. The quantitative estimate of drug-likeness (QED) is 0.567. The van der Waals surface area contributed by atoms with Crippen molar-refractivity contribution in [1.82, 2.24) is 10.6 Å². The van der Waals surface area contributed by atoms with Gasteiger partial charge in [-0.15, -0.1) is 0 Å². The predicted molar refractivity (Wildman–Crippen MR) is 73.4 cm³/mol. The van der Waals surface area contributed by atoms with Gasteiger partial charge < -0.3 is 15.7 Å². The van der Waals surface area contributed by atoms with Crippen molar-refractivity contribution in [2.75, 3.05) is 0 Å². The van der Waals surface area contributed by atoms with E-state index in [4.69, 9.17) is 17.3 Å². The summed E-state index contributed by atoms with van der Waals surface area (Å²) in [4.78, 5) is 22.7. The first-order valence-corrected chi connectivity index (χ1v) is 6.02. The molecular weight excluding hydrogens is 264 g/mol. The van der Waals surface area contributed by atoms with Gasteiger partial charge in [-0.1, -0.05) is 30.3 Å². The summed E-state index contributed by atoms with van der Waals surface area (Å²) >= 11 is 5.05. The minimum absolute atomic E-state index is 0.173. The molecule has 3 N–H and O–H groups in total. The van der Waals surface area contributed by atoms with E-state index in [1.165, 1.54) is 0 Å². The normalized spacial score (nSPS) is 18.6. The van der Waals surface area contributed by atoms with E-state index in [9.17, 15) is 9.59 Å². The molecule has 5 nitrogen and oxygen atoms in total. The van der Waals surface area contributed by atoms with Crippen LogP contribution in [0.2, 0.25) is 0 Å². The second-order valence-corrected chi connectivity index (χ2v) is 4.52. The summed E-state index contributed by atoms with van der Waals surface area (Å²) in [5.41, 5.74) is 1.42. The summed E-state index contributed by atoms with van der Waals surface area (Å²) in [7, 11) is 0. The lowest BCUT2D eigenvalue weighted by molar-refractivity contribution is -0.147. The lowest BCUT2D eigenvalue weighted by atomic mass is 9.92. The van der Waals surface area contributed by atoms with Crippen molar-refractivity contribution in [1.29, 1.82) is 0 Å². The average molecular weight is 276 g/mol. The fourth-order valence-corrected chi connectivity index (χ4v) is 2.28. The molecule has 1 atom stereocenters. The number of hydrogen-bond acceptors (Lipinski definition) is 3. The number of carboxylic acid groups (broad SMARTS) is 1. The third kappa shape index (κ3) is 2.63. The van der Waals surface area contributed by atoms with E-state index in [1.807, 2.05) is 30.3 Å². The van der Waals surface area contributed by atoms with Gasteiger partial charge in [0.1, 0.15) is 0 Å². The van der Waals surface area contributed by atoms with Crippen molar-refractivity contribution < 1.29 is 14.7 Å². The maximum atomic E-state index is 11.8. The Morgan fingerprint density at radius 1 is 1.26 bits per heavy atom. The molecule has 2 rings (SSSR count). The molecule has 1 aromatic rings. The summed E-state index contributed by atoms with van der Waals surface area (Å²) in [5, 5.41) is 15.0. The fraction of sp³-hybridized carbons (Fsp3) is 0.154. The first-order valence-electron chi connectivity index (χ1n) is 5.61. The van der Waals surface area contributed by atoms with Crippen LogP contribution in [0.15, 0.2) is 41.6 Å². The summed E-state index contributed by atoms with van der Waals surface area (Å²) in [6, 6.07) is 8.57. The molecule has 1 aliphatic rings. The molecule has 1 aromatic carbocycles. The first-order chi connectivity index (χ1) is 9.00. The zero-order valence-corrected chi connectivity index (χ0v) is 11.0. The Kier molecular flexibility index (Phi) is 3.62. The number of rotatable bonds is 3. The third-order valence-corrected chi connectivity index (χ3v) is 3.06. The largest absolute Gasteiger partial charge is 0.475 e. The summed E-state index contributed by atoms with van der Waals surface area (Å²) in [6.45, 7) is 1.64. The van der Waals surface area contributed by atoms with Crippen molar-refractivity contribution >= 4 is 29.1 Å². The van der Waals surface area contributed by atoms with Gasteiger partial charge in [0.05, 0.1) is 11.6 Å². The van der Waals surface area contributed by atoms with Crippen LogP contribution in [-0.4, -0.2) is 22.0 Å². The zero-order chi connectivity index (χ0) is 14.0.